The SMILES string of the molecule is Cc1ccc(-n2ncc3c2CCC[C@@H]3NC(=O)Cc2cn(C)c3ccccc23)cc1C. The van der Waals surface area contributed by atoms with Crippen LogP contribution in [0, 0.1) is 13.8 Å². The normalized spacial score (nSPS) is 15.8. The Morgan fingerprint density at radius 2 is 2.00 bits per heavy atom. The summed E-state index contributed by atoms with van der Waals surface area (Å²) in [5.74, 6) is 0.0631. The van der Waals surface area contributed by atoms with Gasteiger partial charge >= 0.3 is 0 Å². The van der Waals surface area contributed by atoms with Crippen LogP contribution in [0.1, 0.15) is 46.8 Å². The van der Waals surface area contributed by atoms with Crippen LogP contribution in [-0.4, -0.2) is 20.3 Å². The average molecular weight is 413 g/mol. The van der Waals surface area contributed by atoms with E-state index in [9.17, 15) is 4.79 Å². The molecule has 1 atom stereocenters. The van der Waals surface area contributed by atoms with Gasteiger partial charge in [0.05, 0.1) is 24.3 Å². The molecule has 1 aliphatic rings. The summed E-state index contributed by atoms with van der Waals surface area (Å²) in [5.41, 5.74) is 8.21. The predicted octanol–water partition coefficient (Wildman–Crippen LogP) is 4.72. The van der Waals surface area contributed by atoms with Gasteiger partial charge in [0.25, 0.3) is 0 Å². The maximum atomic E-state index is 13.0. The molecule has 0 unspecified atom stereocenters. The summed E-state index contributed by atoms with van der Waals surface area (Å²) in [4.78, 5) is 13.0. The number of carbonyl (C=O) groups is 1. The fraction of sp³-hybridized carbons (Fsp3) is 0.308. The molecule has 2 aromatic carbocycles. The minimum Gasteiger partial charge on any atom is -0.350 e. The van der Waals surface area contributed by atoms with Crippen molar-refractivity contribution in [2.75, 3.05) is 0 Å². The fourth-order valence-corrected chi connectivity index (χ4v) is 4.77. The maximum Gasteiger partial charge on any atom is 0.224 e. The van der Waals surface area contributed by atoms with E-state index < -0.39 is 0 Å². The quantitative estimate of drug-likeness (QED) is 0.527. The van der Waals surface area contributed by atoms with Gasteiger partial charge in [0.1, 0.15) is 0 Å². The van der Waals surface area contributed by atoms with Crippen molar-refractivity contribution in [2.45, 2.75) is 45.6 Å². The second-order valence-corrected chi connectivity index (χ2v) is 8.70. The van der Waals surface area contributed by atoms with Crippen molar-refractivity contribution in [1.29, 1.82) is 0 Å². The Kier molecular flexibility index (Phi) is 4.89. The average Bonchev–Trinajstić information content (AvgIpc) is 3.33. The van der Waals surface area contributed by atoms with Gasteiger partial charge in [-0.05, 0) is 68.0 Å². The number of amides is 1. The molecule has 0 bridgehead atoms. The van der Waals surface area contributed by atoms with Gasteiger partial charge in [-0.1, -0.05) is 24.3 Å². The molecular formula is C26H28N4O. The van der Waals surface area contributed by atoms with E-state index in [1.54, 1.807) is 0 Å². The third kappa shape index (κ3) is 3.54. The molecule has 0 saturated heterocycles. The summed E-state index contributed by atoms with van der Waals surface area (Å²) >= 11 is 0. The standard InChI is InChI=1S/C26H28N4O/c1-17-11-12-20(13-18(17)2)30-25-10-6-8-23(22(25)15-27-30)28-26(31)14-19-16-29(3)24-9-5-4-7-21(19)24/h4-5,7,9,11-13,15-16,23H,6,8,10,14H2,1-3H3,(H,28,31)/t23-/m0/s1. The van der Waals surface area contributed by atoms with Gasteiger partial charge in [0.15, 0.2) is 0 Å². The monoisotopic (exact) mass is 412 g/mol. The van der Waals surface area contributed by atoms with Crippen LogP contribution < -0.4 is 5.32 Å². The van der Waals surface area contributed by atoms with Crippen molar-refractivity contribution in [1.82, 2.24) is 19.7 Å². The minimum absolute atomic E-state index is 0.0199. The van der Waals surface area contributed by atoms with Crippen molar-refractivity contribution in [2.24, 2.45) is 7.05 Å². The molecule has 0 spiro atoms. The second-order valence-electron chi connectivity index (χ2n) is 8.70. The lowest BCUT2D eigenvalue weighted by Crippen LogP contribution is -2.32. The van der Waals surface area contributed by atoms with Gasteiger partial charge in [-0.2, -0.15) is 5.10 Å². The first-order chi connectivity index (χ1) is 15.0. The Morgan fingerprint density at radius 3 is 2.84 bits per heavy atom. The van der Waals surface area contributed by atoms with Gasteiger partial charge in [0.2, 0.25) is 5.91 Å². The summed E-state index contributed by atoms with van der Waals surface area (Å²) in [6.45, 7) is 4.25. The van der Waals surface area contributed by atoms with Crippen molar-refractivity contribution in [3.63, 3.8) is 0 Å². The Balaban J connectivity index is 1.37. The highest BCUT2D eigenvalue weighted by Crippen LogP contribution is 2.31. The first-order valence-corrected chi connectivity index (χ1v) is 11.0. The molecule has 0 saturated carbocycles. The highest BCUT2D eigenvalue weighted by Gasteiger charge is 2.26. The van der Waals surface area contributed by atoms with Crippen LogP contribution in [0.5, 0.6) is 0 Å². The molecule has 2 aromatic heterocycles. The van der Waals surface area contributed by atoms with Crippen LogP contribution in [0.2, 0.25) is 0 Å². The molecule has 31 heavy (non-hydrogen) atoms. The number of nitrogens with zero attached hydrogens (tertiary/aromatic N) is 3. The summed E-state index contributed by atoms with van der Waals surface area (Å²) in [7, 11) is 2.03. The number of rotatable bonds is 4. The van der Waals surface area contributed by atoms with Crippen LogP contribution in [0.15, 0.2) is 54.9 Å². The number of aryl methyl sites for hydroxylation is 3. The van der Waals surface area contributed by atoms with Crippen LogP contribution in [0.3, 0.4) is 0 Å². The summed E-state index contributed by atoms with van der Waals surface area (Å²) in [5, 5.41) is 9.11. The van der Waals surface area contributed by atoms with Crippen LogP contribution in [-0.2, 0) is 24.7 Å². The zero-order chi connectivity index (χ0) is 21.5. The smallest absolute Gasteiger partial charge is 0.224 e. The van der Waals surface area contributed by atoms with Gasteiger partial charge < -0.3 is 9.88 Å². The largest absolute Gasteiger partial charge is 0.350 e. The van der Waals surface area contributed by atoms with Crippen LogP contribution in [0.25, 0.3) is 16.6 Å². The Bertz CT molecular complexity index is 1280. The predicted molar refractivity (Wildman–Crippen MR) is 123 cm³/mol. The summed E-state index contributed by atoms with van der Waals surface area (Å²) in [6, 6.07) is 14.7. The summed E-state index contributed by atoms with van der Waals surface area (Å²) in [6.07, 6.45) is 7.37. The number of carbonyl (C=O) groups excluding carboxylic acids is 1. The van der Waals surface area contributed by atoms with Crippen LogP contribution in [0.4, 0.5) is 0 Å². The van der Waals surface area contributed by atoms with Crippen molar-refractivity contribution in [3.05, 3.63) is 82.8 Å². The zero-order valence-corrected chi connectivity index (χ0v) is 18.4. The molecule has 4 aromatic rings. The molecule has 0 radical (unpaired) electrons. The molecule has 1 amide bonds. The number of fused-ring (bicyclic) bond motifs is 2. The molecular weight excluding hydrogens is 384 g/mol. The molecule has 158 valence electrons. The Morgan fingerprint density at radius 1 is 1.16 bits per heavy atom. The fourth-order valence-electron chi connectivity index (χ4n) is 4.77. The van der Waals surface area contributed by atoms with Gasteiger partial charge in [-0.25, -0.2) is 4.68 Å². The number of para-hydroxylation sites is 1. The van der Waals surface area contributed by atoms with E-state index in [1.165, 1.54) is 16.8 Å². The first kappa shape index (κ1) is 19.6. The van der Waals surface area contributed by atoms with E-state index in [-0.39, 0.29) is 11.9 Å². The third-order valence-corrected chi connectivity index (χ3v) is 6.58. The van der Waals surface area contributed by atoms with Crippen molar-refractivity contribution in [3.8, 4) is 5.69 Å². The highest BCUT2D eigenvalue weighted by molar-refractivity contribution is 5.89. The molecule has 1 N–H and O–H groups in total. The molecule has 0 aliphatic heterocycles. The number of nitrogens with one attached hydrogen (secondary N) is 1. The number of hydrogen-bond acceptors (Lipinski definition) is 2. The molecule has 5 rings (SSSR count). The molecule has 5 nitrogen and oxygen atoms in total. The van der Waals surface area contributed by atoms with E-state index in [4.69, 9.17) is 0 Å². The molecule has 5 heteroatoms. The summed E-state index contributed by atoms with van der Waals surface area (Å²) < 4.78 is 4.13. The van der Waals surface area contributed by atoms with Gasteiger partial charge in [-0.15, -0.1) is 0 Å². The third-order valence-electron chi connectivity index (χ3n) is 6.58. The number of benzene rings is 2. The van der Waals surface area contributed by atoms with E-state index in [0.29, 0.717) is 6.42 Å². The van der Waals surface area contributed by atoms with Crippen molar-refractivity contribution >= 4 is 16.8 Å². The van der Waals surface area contributed by atoms with E-state index >= 15 is 0 Å². The molecule has 0 fully saturated rings. The Labute approximate surface area is 182 Å². The first-order valence-electron chi connectivity index (χ1n) is 11.0. The topological polar surface area (TPSA) is 51.9 Å². The van der Waals surface area contributed by atoms with E-state index in [2.05, 4.69) is 65.4 Å². The molecule has 2 heterocycles. The maximum absolute atomic E-state index is 13.0. The van der Waals surface area contributed by atoms with E-state index in [1.807, 2.05) is 30.1 Å². The van der Waals surface area contributed by atoms with Crippen molar-refractivity contribution < 1.29 is 4.79 Å². The van der Waals surface area contributed by atoms with Gasteiger partial charge in [-0.3, -0.25) is 4.79 Å². The lowest BCUT2D eigenvalue weighted by molar-refractivity contribution is -0.121. The number of aromatic nitrogens is 3. The minimum atomic E-state index is 0.0199. The van der Waals surface area contributed by atoms with Gasteiger partial charge in [0, 0.05) is 35.4 Å². The Hall–Kier alpha value is -3.34. The highest BCUT2D eigenvalue weighted by atomic mass is 16.1. The van der Waals surface area contributed by atoms with E-state index in [0.717, 1.165) is 47.0 Å². The lowest BCUT2D eigenvalue weighted by atomic mass is 9.92. The van der Waals surface area contributed by atoms with Crippen LogP contribution >= 0.6 is 0 Å². The number of hydrogen-bond donors (Lipinski definition) is 1. The second kappa shape index (κ2) is 7.73. The lowest BCUT2D eigenvalue weighted by Gasteiger charge is -2.24. The molecule has 1 aliphatic carbocycles. The zero-order valence-electron chi connectivity index (χ0n) is 18.4.